The minimum absolute atomic E-state index is 0.253. The van der Waals surface area contributed by atoms with Gasteiger partial charge in [-0.15, -0.1) is 0 Å². The number of aryl methyl sites for hydroxylation is 2. The molecule has 1 aromatic heterocycles. The van der Waals surface area contributed by atoms with E-state index in [2.05, 4.69) is 15.7 Å². The molecule has 0 bridgehead atoms. The summed E-state index contributed by atoms with van der Waals surface area (Å²) in [6.45, 7) is 3.64. The molecule has 0 radical (unpaired) electrons. The largest absolute Gasteiger partial charge is 0.368 e. The number of carbonyl (C=O) groups excluding carboxylic acids is 3. The second kappa shape index (κ2) is 8.39. The number of hydrogen-bond acceptors (Lipinski definition) is 4. The molecule has 3 amide bonds. The van der Waals surface area contributed by atoms with Gasteiger partial charge in [-0.25, -0.2) is 4.68 Å². The lowest BCUT2D eigenvalue weighted by Crippen LogP contribution is -2.33. The molecule has 29 heavy (non-hydrogen) atoms. The van der Waals surface area contributed by atoms with Gasteiger partial charge in [0.15, 0.2) is 0 Å². The maximum atomic E-state index is 12.5. The van der Waals surface area contributed by atoms with E-state index in [1.165, 1.54) is 6.07 Å². The number of nitrogens with two attached hydrogens (primary N) is 1. The molecule has 2 aromatic carbocycles. The predicted octanol–water partition coefficient (Wildman–Crippen LogP) is 1.96. The highest BCUT2D eigenvalue weighted by Crippen LogP contribution is 2.15. The number of amides is 3. The number of nitrogens with zero attached hydrogens (tertiary/aromatic N) is 2. The topological polar surface area (TPSA) is 119 Å². The summed E-state index contributed by atoms with van der Waals surface area (Å²) in [5.74, 6) is -1.39. The zero-order valence-corrected chi connectivity index (χ0v) is 16.1. The van der Waals surface area contributed by atoms with E-state index in [-0.39, 0.29) is 12.5 Å². The van der Waals surface area contributed by atoms with Gasteiger partial charge in [-0.3, -0.25) is 14.4 Å². The van der Waals surface area contributed by atoms with Crippen LogP contribution in [0.25, 0.3) is 5.69 Å². The van der Waals surface area contributed by atoms with E-state index in [4.69, 9.17) is 5.73 Å². The second-order valence-electron chi connectivity index (χ2n) is 6.57. The number of aromatic nitrogens is 2. The molecule has 148 valence electrons. The summed E-state index contributed by atoms with van der Waals surface area (Å²) in [6.07, 6.45) is 0. The van der Waals surface area contributed by atoms with Crippen molar-refractivity contribution in [3.63, 3.8) is 0 Å². The minimum Gasteiger partial charge on any atom is -0.368 e. The van der Waals surface area contributed by atoms with Crippen molar-refractivity contribution in [1.82, 2.24) is 15.1 Å². The third kappa shape index (κ3) is 4.86. The first-order chi connectivity index (χ1) is 13.8. The molecule has 0 aliphatic rings. The van der Waals surface area contributed by atoms with Gasteiger partial charge in [0.2, 0.25) is 5.91 Å². The molecule has 8 heteroatoms. The summed E-state index contributed by atoms with van der Waals surface area (Å²) in [6, 6.07) is 15.5. The van der Waals surface area contributed by atoms with Gasteiger partial charge in [0.1, 0.15) is 0 Å². The summed E-state index contributed by atoms with van der Waals surface area (Å²) in [4.78, 5) is 35.3. The quantitative estimate of drug-likeness (QED) is 0.595. The lowest BCUT2D eigenvalue weighted by Gasteiger charge is -2.09. The molecule has 3 aromatic rings. The maximum Gasteiger partial charge on any atom is 0.255 e. The lowest BCUT2D eigenvalue weighted by atomic mass is 10.1. The first-order valence-electron chi connectivity index (χ1n) is 8.95. The predicted molar refractivity (Wildman–Crippen MR) is 109 cm³/mol. The highest BCUT2D eigenvalue weighted by Gasteiger charge is 2.11. The fraction of sp³-hybridized carbons (Fsp3) is 0.143. The normalized spacial score (nSPS) is 10.4. The molecule has 0 atom stereocenters. The fourth-order valence-electron chi connectivity index (χ4n) is 2.86. The average molecular weight is 391 g/mol. The van der Waals surface area contributed by atoms with Gasteiger partial charge in [0.25, 0.3) is 11.8 Å². The zero-order chi connectivity index (χ0) is 21.0. The fourth-order valence-corrected chi connectivity index (χ4v) is 2.86. The van der Waals surface area contributed by atoms with Gasteiger partial charge in [-0.2, -0.15) is 5.10 Å². The van der Waals surface area contributed by atoms with Crippen LogP contribution in [0.1, 0.15) is 32.1 Å². The molecule has 0 saturated heterocycles. The molecular formula is C21H21N5O3. The molecular weight excluding hydrogens is 370 g/mol. The summed E-state index contributed by atoms with van der Waals surface area (Å²) >= 11 is 0. The number of rotatable bonds is 6. The molecule has 0 aliphatic heterocycles. The molecule has 0 fully saturated rings. The molecule has 1 heterocycles. The number of primary amides is 1. The Labute approximate surface area is 167 Å². The van der Waals surface area contributed by atoms with Crippen molar-refractivity contribution < 1.29 is 14.4 Å². The molecule has 8 nitrogen and oxygen atoms in total. The maximum absolute atomic E-state index is 12.5. The lowest BCUT2D eigenvalue weighted by molar-refractivity contribution is -0.117. The van der Waals surface area contributed by atoms with E-state index in [1.54, 1.807) is 30.3 Å². The van der Waals surface area contributed by atoms with E-state index in [1.807, 2.05) is 36.7 Å². The van der Waals surface area contributed by atoms with Gasteiger partial charge in [-0.1, -0.05) is 6.07 Å². The highest BCUT2D eigenvalue weighted by molar-refractivity contribution is 6.05. The summed E-state index contributed by atoms with van der Waals surface area (Å²) in [7, 11) is 0. The number of benzene rings is 2. The zero-order valence-electron chi connectivity index (χ0n) is 16.1. The Morgan fingerprint density at radius 2 is 1.69 bits per heavy atom. The Morgan fingerprint density at radius 1 is 0.966 bits per heavy atom. The molecule has 3 rings (SSSR count). The Bertz CT molecular complexity index is 1070. The van der Waals surface area contributed by atoms with Crippen molar-refractivity contribution >= 4 is 23.4 Å². The van der Waals surface area contributed by atoms with Crippen molar-refractivity contribution in [3.8, 4) is 5.69 Å². The van der Waals surface area contributed by atoms with Crippen LogP contribution in [0.15, 0.2) is 54.6 Å². The summed E-state index contributed by atoms with van der Waals surface area (Å²) < 4.78 is 1.81. The van der Waals surface area contributed by atoms with Gasteiger partial charge in [0.05, 0.1) is 17.9 Å². The summed E-state index contributed by atoms with van der Waals surface area (Å²) in [5.41, 5.74) is 9.05. The Balaban J connectivity index is 1.70. The second-order valence-corrected chi connectivity index (χ2v) is 6.57. The van der Waals surface area contributed by atoms with E-state index in [0.29, 0.717) is 16.8 Å². The van der Waals surface area contributed by atoms with Crippen molar-refractivity contribution in [2.45, 2.75) is 13.8 Å². The Morgan fingerprint density at radius 3 is 2.31 bits per heavy atom. The van der Waals surface area contributed by atoms with Crippen molar-refractivity contribution in [1.29, 1.82) is 0 Å². The van der Waals surface area contributed by atoms with Gasteiger partial charge in [-0.05, 0) is 62.4 Å². The molecule has 0 saturated carbocycles. The van der Waals surface area contributed by atoms with E-state index < -0.39 is 11.8 Å². The van der Waals surface area contributed by atoms with Crippen LogP contribution in [-0.4, -0.2) is 34.0 Å². The van der Waals surface area contributed by atoms with E-state index in [9.17, 15) is 14.4 Å². The highest BCUT2D eigenvalue weighted by atomic mass is 16.2. The summed E-state index contributed by atoms with van der Waals surface area (Å²) in [5, 5.41) is 9.59. The van der Waals surface area contributed by atoms with Crippen molar-refractivity contribution in [2.24, 2.45) is 5.73 Å². The average Bonchev–Trinajstić information content (AvgIpc) is 3.04. The van der Waals surface area contributed by atoms with E-state index >= 15 is 0 Å². The van der Waals surface area contributed by atoms with Gasteiger partial charge < -0.3 is 16.4 Å². The Hall–Kier alpha value is -3.94. The first-order valence-corrected chi connectivity index (χ1v) is 8.95. The van der Waals surface area contributed by atoms with Crippen LogP contribution in [-0.2, 0) is 4.79 Å². The number of carbonyl (C=O) groups is 3. The minimum atomic E-state index is -0.633. The third-order valence-corrected chi connectivity index (χ3v) is 4.19. The monoisotopic (exact) mass is 391 g/mol. The first kappa shape index (κ1) is 19.8. The van der Waals surface area contributed by atoms with Crippen molar-refractivity contribution in [2.75, 3.05) is 11.9 Å². The smallest absolute Gasteiger partial charge is 0.255 e. The van der Waals surface area contributed by atoms with Gasteiger partial charge in [0, 0.05) is 22.5 Å². The van der Waals surface area contributed by atoms with E-state index in [0.717, 1.165) is 17.1 Å². The van der Waals surface area contributed by atoms with Gasteiger partial charge >= 0.3 is 0 Å². The SMILES string of the molecule is Cc1cc(C)n(-c2ccc(C(=O)Nc3cccc(C(=O)NCC(N)=O)c3)cc2)n1. The molecule has 4 N–H and O–H groups in total. The van der Waals surface area contributed by atoms with Crippen molar-refractivity contribution in [3.05, 3.63) is 77.1 Å². The van der Waals surface area contributed by atoms with Crippen LogP contribution in [0, 0.1) is 13.8 Å². The van der Waals surface area contributed by atoms with Crippen LogP contribution >= 0.6 is 0 Å². The van der Waals surface area contributed by atoms with Crippen LogP contribution < -0.4 is 16.4 Å². The number of anilines is 1. The number of nitrogens with one attached hydrogen (secondary N) is 2. The molecule has 0 aliphatic carbocycles. The van der Waals surface area contributed by atoms with Crippen LogP contribution in [0.4, 0.5) is 5.69 Å². The van der Waals surface area contributed by atoms with Crippen LogP contribution in [0.2, 0.25) is 0 Å². The third-order valence-electron chi connectivity index (χ3n) is 4.19. The Kier molecular flexibility index (Phi) is 5.73. The molecule has 0 unspecified atom stereocenters. The van der Waals surface area contributed by atoms with Crippen LogP contribution in [0.5, 0.6) is 0 Å². The molecule has 0 spiro atoms. The van der Waals surface area contributed by atoms with Crippen LogP contribution in [0.3, 0.4) is 0 Å². The number of hydrogen-bond donors (Lipinski definition) is 3. The standard InChI is InChI=1S/C21H21N5O3/c1-13-10-14(2)26(25-13)18-8-6-15(7-9-18)21(29)24-17-5-3-4-16(11-17)20(28)23-12-19(22)27/h3-11H,12H2,1-2H3,(H2,22,27)(H,23,28)(H,24,29).